The number of Topliss-reactive ketones (excluding diaryl/α,β-unsaturated/α-hetero) is 1. The third-order valence-corrected chi connectivity index (χ3v) is 4.72. The van der Waals surface area contributed by atoms with Crippen molar-refractivity contribution in [2.45, 2.75) is 0 Å². The Morgan fingerprint density at radius 3 is 2.19 bits per heavy atom. The van der Waals surface area contributed by atoms with Crippen molar-refractivity contribution in [1.82, 2.24) is 4.98 Å². The molecule has 0 bridgehead atoms. The third-order valence-electron chi connectivity index (χ3n) is 3.98. The van der Waals surface area contributed by atoms with Crippen LogP contribution >= 0.6 is 23.2 Å². The Bertz CT molecular complexity index is 1200. The standard InChI is InChI=1S/C20H8Cl2F5N2O2.Co/c1-31-20-10(8-5-3-2-4-6-8)11(12(21)19(22)29-20)9(30)7-28-18-16(26)14(24)13(23)15(25)17(18)27;/h2-5,7H,1H3;/q-1;. The van der Waals surface area contributed by atoms with E-state index in [1.807, 2.05) is 0 Å². The van der Waals surface area contributed by atoms with Crippen molar-refractivity contribution in [2.24, 2.45) is 4.99 Å². The quantitative estimate of drug-likeness (QED) is 0.0754. The Kier molecular flexibility index (Phi) is 8.35. The van der Waals surface area contributed by atoms with Crippen LogP contribution in [0.25, 0.3) is 11.1 Å². The normalized spacial score (nSPS) is 10.9. The number of carbonyl (C=O) groups excluding carboxylic acids is 1. The van der Waals surface area contributed by atoms with E-state index in [-0.39, 0.29) is 44.0 Å². The number of halogens is 7. The van der Waals surface area contributed by atoms with Gasteiger partial charge in [0.25, 0.3) is 0 Å². The monoisotopic (exact) mass is 532 g/mol. The van der Waals surface area contributed by atoms with E-state index >= 15 is 0 Å². The zero-order valence-corrected chi connectivity index (χ0v) is 18.1. The van der Waals surface area contributed by atoms with Gasteiger partial charge in [0.15, 0.2) is 40.1 Å². The maximum atomic E-state index is 13.8. The van der Waals surface area contributed by atoms with Crippen LogP contribution in [0.2, 0.25) is 10.2 Å². The molecule has 0 atom stereocenters. The van der Waals surface area contributed by atoms with Gasteiger partial charge in [0.1, 0.15) is 5.69 Å². The molecule has 1 heterocycles. The number of aromatic nitrogens is 1. The number of hydrogen-bond acceptors (Lipinski definition) is 4. The fraction of sp³-hybridized carbons (Fsp3) is 0.0500. The van der Waals surface area contributed by atoms with Crippen molar-refractivity contribution < 1.29 is 48.3 Å². The summed E-state index contributed by atoms with van der Waals surface area (Å²) in [6.07, 6.45) is 0.349. The number of carbonyl (C=O) groups is 1. The van der Waals surface area contributed by atoms with E-state index in [1.54, 1.807) is 18.2 Å². The molecule has 0 N–H and O–H groups in total. The van der Waals surface area contributed by atoms with Crippen molar-refractivity contribution in [3.05, 3.63) is 75.2 Å². The first-order valence-corrected chi connectivity index (χ1v) is 8.94. The molecule has 1 radical (unpaired) electrons. The molecule has 32 heavy (non-hydrogen) atoms. The van der Waals surface area contributed by atoms with Crippen LogP contribution in [0.4, 0.5) is 27.6 Å². The predicted octanol–water partition coefficient (Wildman–Crippen LogP) is 6.14. The minimum Gasteiger partial charge on any atom is -0.487 e. The van der Waals surface area contributed by atoms with Gasteiger partial charge in [0.05, 0.1) is 18.3 Å². The maximum Gasteiger partial charge on any atom is 0.200 e. The molecule has 4 nitrogen and oxygen atoms in total. The van der Waals surface area contributed by atoms with E-state index in [9.17, 15) is 26.7 Å². The van der Waals surface area contributed by atoms with E-state index in [1.165, 1.54) is 13.2 Å². The zero-order valence-electron chi connectivity index (χ0n) is 15.6. The number of benzene rings is 2. The van der Waals surface area contributed by atoms with Crippen LogP contribution in [-0.4, -0.2) is 24.1 Å². The van der Waals surface area contributed by atoms with Gasteiger partial charge in [-0.1, -0.05) is 23.2 Å². The van der Waals surface area contributed by atoms with Crippen LogP contribution < -0.4 is 4.74 Å². The Balaban J connectivity index is 0.00000363. The van der Waals surface area contributed by atoms with Gasteiger partial charge in [-0.3, -0.25) is 4.79 Å². The SMILES string of the molecule is COc1nc(Cl)c(Cl)c(C(=O)C=Nc2c(F)c(F)c(F)c(F)c2F)c1-c1[c-]cccc1.[Co]. The van der Waals surface area contributed by atoms with Gasteiger partial charge in [-0.2, -0.15) is 0 Å². The van der Waals surface area contributed by atoms with E-state index in [4.69, 9.17) is 27.9 Å². The number of hydrogen-bond donors (Lipinski definition) is 0. The molecular weight excluding hydrogens is 525 g/mol. The third kappa shape index (κ3) is 4.63. The molecule has 0 unspecified atom stereocenters. The van der Waals surface area contributed by atoms with Crippen molar-refractivity contribution in [2.75, 3.05) is 7.11 Å². The molecule has 0 fully saturated rings. The second-order valence-electron chi connectivity index (χ2n) is 5.79. The van der Waals surface area contributed by atoms with Crippen LogP contribution in [0, 0.1) is 35.2 Å². The van der Waals surface area contributed by atoms with Gasteiger partial charge in [0, 0.05) is 22.3 Å². The molecule has 2 aromatic carbocycles. The first-order chi connectivity index (χ1) is 14.7. The average Bonchev–Trinajstić information content (AvgIpc) is 2.78. The van der Waals surface area contributed by atoms with E-state index < -0.39 is 40.6 Å². The summed E-state index contributed by atoms with van der Waals surface area (Å²) in [7, 11) is 1.25. The first-order valence-electron chi connectivity index (χ1n) is 8.18. The summed E-state index contributed by atoms with van der Waals surface area (Å²) >= 11 is 12.1. The molecule has 0 amide bonds. The molecular formula is C20H8Cl2CoF5N2O2-. The summed E-state index contributed by atoms with van der Waals surface area (Å²) < 4.78 is 72.7. The largest absolute Gasteiger partial charge is 0.487 e. The Morgan fingerprint density at radius 1 is 1.06 bits per heavy atom. The smallest absolute Gasteiger partial charge is 0.200 e. The molecule has 3 rings (SSSR count). The number of aliphatic imine (C=N–C) groups is 1. The molecule has 0 spiro atoms. The van der Waals surface area contributed by atoms with Gasteiger partial charge >= 0.3 is 0 Å². The fourth-order valence-corrected chi connectivity index (χ4v) is 2.99. The van der Waals surface area contributed by atoms with Crippen LogP contribution in [-0.2, 0) is 16.8 Å². The number of methoxy groups -OCH3 is 1. The van der Waals surface area contributed by atoms with E-state index in [0.717, 1.165) is 0 Å². The fourth-order valence-electron chi connectivity index (χ4n) is 2.59. The molecule has 1 aromatic heterocycles. The predicted molar refractivity (Wildman–Crippen MR) is 104 cm³/mol. The van der Waals surface area contributed by atoms with Crippen molar-refractivity contribution >= 4 is 40.9 Å². The molecule has 0 aliphatic rings. The molecule has 0 saturated carbocycles. The van der Waals surface area contributed by atoms with E-state index in [0.29, 0.717) is 11.8 Å². The molecule has 3 aromatic rings. The Labute approximate surface area is 198 Å². The van der Waals surface area contributed by atoms with Crippen molar-refractivity contribution in [3.8, 4) is 17.0 Å². The van der Waals surface area contributed by atoms with Gasteiger partial charge < -0.3 is 4.74 Å². The number of ether oxygens (including phenoxy) is 1. The average molecular weight is 533 g/mol. The summed E-state index contributed by atoms with van der Waals surface area (Å²) in [6, 6.07) is 9.16. The number of pyridine rings is 1. The number of ketones is 1. The summed E-state index contributed by atoms with van der Waals surface area (Å²) in [6.45, 7) is 0. The Hall–Kier alpha value is -2.53. The maximum absolute atomic E-state index is 13.8. The van der Waals surface area contributed by atoms with Crippen molar-refractivity contribution in [1.29, 1.82) is 0 Å². The van der Waals surface area contributed by atoms with Crippen LogP contribution in [0.3, 0.4) is 0 Å². The zero-order chi connectivity index (χ0) is 22.9. The molecule has 0 aliphatic carbocycles. The van der Waals surface area contributed by atoms with Gasteiger partial charge in [-0.15, -0.1) is 35.9 Å². The van der Waals surface area contributed by atoms with Crippen molar-refractivity contribution in [3.63, 3.8) is 0 Å². The molecule has 0 aliphatic heterocycles. The first kappa shape index (κ1) is 25.7. The number of rotatable bonds is 5. The Morgan fingerprint density at radius 2 is 1.66 bits per heavy atom. The molecule has 169 valence electrons. The summed E-state index contributed by atoms with van der Waals surface area (Å²) in [4.78, 5) is 19.9. The minimum atomic E-state index is -2.35. The number of nitrogens with zero attached hydrogens (tertiary/aromatic N) is 2. The van der Waals surface area contributed by atoms with E-state index in [2.05, 4.69) is 16.0 Å². The molecule has 0 saturated heterocycles. The minimum absolute atomic E-state index is 0. The summed E-state index contributed by atoms with van der Waals surface area (Å²) in [5.74, 6) is -12.3. The second-order valence-corrected chi connectivity index (χ2v) is 6.53. The second kappa shape index (κ2) is 10.4. The topological polar surface area (TPSA) is 51.5 Å². The summed E-state index contributed by atoms with van der Waals surface area (Å²) in [5.41, 5.74) is -1.53. The van der Waals surface area contributed by atoms with Crippen LogP contribution in [0.15, 0.2) is 29.3 Å². The van der Waals surface area contributed by atoms with Crippen LogP contribution in [0.5, 0.6) is 5.88 Å². The van der Waals surface area contributed by atoms with Gasteiger partial charge in [0.2, 0.25) is 5.82 Å². The van der Waals surface area contributed by atoms with Gasteiger partial charge in [-0.25, -0.2) is 31.9 Å². The summed E-state index contributed by atoms with van der Waals surface area (Å²) in [5, 5.41) is -0.672. The molecule has 12 heteroatoms. The van der Waals surface area contributed by atoms with Crippen LogP contribution in [0.1, 0.15) is 10.4 Å². The van der Waals surface area contributed by atoms with Gasteiger partial charge in [-0.05, 0) is 5.56 Å².